The summed E-state index contributed by atoms with van der Waals surface area (Å²) in [5.74, 6) is 2.55. The van der Waals surface area contributed by atoms with Crippen molar-refractivity contribution in [2.24, 2.45) is 0 Å². The molecule has 110 valence electrons. The van der Waals surface area contributed by atoms with Crippen LogP contribution in [0.5, 0.6) is 17.2 Å². The zero-order valence-corrected chi connectivity index (χ0v) is 12.6. The Hall–Kier alpha value is -2.00. The molecule has 0 spiro atoms. The molecule has 1 fully saturated rings. The smallest absolute Gasteiger partial charge is 0.130 e. The van der Waals surface area contributed by atoms with Crippen molar-refractivity contribution in [1.82, 2.24) is 5.32 Å². The third-order valence-electron chi connectivity index (χ3n) is 3.70. The van der Waals surface area contributed by atoms with Crippen LogP contribution in [0.1, 0.15) is 24.0 Å². The standard InChI is InChI=1S/C18H21NO2/c1-13-11-14(12-19-15-4-5-15)3-10-18(13)21-17-8-6-16(20-2)7-9-17/h3,6-11,15,19H,4-5,12H2,1-2H3. The maximum absolute atomic E-state index is 5.93. The highest BCUT2D eigenvalue weighted by molar-refractivity contribution is 5.41. The second kappa shape index (κ2) is 6.19. The van der Waals surface area contributed by atoms with E-state index in [1.807, 2.05) is 30.3 Å². The molecule has 0 heterocycles. The van der Waals surface area contributed by atoms with E-state index in [2.05, 4.69) is 24.4 Å². The van der Waals surface area contributed by atoms with Crippen LogP contribution in [0.15, 0.2) is 42.5 Å². The Morgan fingerprint density at radius 1 is 1.05 bits per heavy atom. The van der Waals surface area contributed by atoms with E-state index in [1.165, 1.54) is 18.4 Å². The molecule has 2 aromatic carbocycles. The molecule has 0 bridgehead atoms. The van der Waals surface area contributed by atoms with Gasteiger partial charge in [-0.15, -0.1) is 0 Å². The van der Waals surface area contributed by atoms with Gasteiger partial charge in [-0.05, 0) is 61.2 Å². The van der Waals surface area contributed by atoms with Crippen molar-refractivity contribution < 1.29 is 9.47 Å². The predicted octanol–water partition coefficient (Wildman–Crippen LogP) is 4.05. The van der Waals surface area contributed by atoms with Crippen LogP contribution in [-0.2, 0) is 6.54 Å². The second-order valence-corrected chi connectivity index (χ2v) is 5.53. The normalized spacial score (nSPS) is 14.0. The molecule has 3 rings (SSSR count). The summed E-state index contributed by atoms with van der Waals surface area (Å²) in [6.07, 6.45) is 2.63. The summed E-state index contributed by atoms with van der Waals surface area (Å²) in [4.78, 5) is 0. The summed E-state index contributed by atoms with van der Waals surface area (Å²) >= 11 is 0. The van der Waals surface area contributed by atoms with Gasteiger partial charge < -0.3 is 14.8 Å². The molecule has 1 aliphatic carbocycles. The molecule has 0 aliphatic heterocycles. The molecule has 2 aromatic rings. The van der Waals surface area contributed by atoms with Crippen molar-refractivity contribution in [3.63, 3.8) is 0 Å². The van der Waals surface area contributed by atoms with E-state index >= 15 is 0 Å². The SMILES string of the molecule is COc1ccc(Oc2ccc(CNC3CC3)cc2C)cc1. The molecule has 0 saturated heterocycles. The summed E-state index contributed by atoms with van der Waals surface area (Å²) in [6, 6.07) is 14.7. The molecular formula is C18H21NO2. The van der Waals surface area contributed by atoms with Gasteiger partial charge in [0.2, 0.25) is 0 Å². The van der Waals surface area contributed by atoms with Crippen LogP contribution in [-0.4, -0.2) is 13.2 Å². The Morgan fingerprint density at radius 2 is 1.76 bits per heavy atom. The van der Waals surface area contributed by atoms with Gasteiger partial charge in [-0.3, -0.25) is 0 Å². The Bertz CT molecular complexity index is 603. The number of hydrogen-bond donors (Lipinski definition) is 1. The van der Waals surface area contributed by atoms with E-state index in [4.69, 9.17) is 9.47 Å². The number of ether oxygens (including phenoxy) is 2. The molecule has 1 saturated carbocycles. The first-order valence-corrected chi connectivity index (χ1v) is 7.39. The number of hydrogen-bond acceptors (Lipinski definition) is 3. The summed E-state index contributed by atoms with van der Waals surface area (Å²) in [5.41, 5.74) is 2.46. The van der Waals surface area contributed by atoms with Crippen LogP contribution in [0.2, 0.25) is 0 Å². The van der Waals surface area contributed by atoms with Crippen molar-refractivity contribution >= 4 is 0 Å². The predicted molar refractivity (Wildman–Crippen MR) is 84.1 cm³/mol. The Labute approximate surface area is 125 Å². The van der Waals surface area contributed by atoms with Gasteiger partial charge in [0.05, 0.1) is 7.11 Å². The molecule has 1 N–H and O–H groups in total. The molecule has 0 unspecified atom stereocenters. The van der Waals surface area contributed by atoms with E-state index in [0.717, 1.165) is 35.4 Å². The zero-order valence-electron chi connectivity index (χ0n) is 12.6. The molecule has 0 amide bonds. The van der Waals surface area contributed by atoms with E-state index < -0.39 is 0 Å². The van der Waals surface area contributed by atoms with Gasteiger partial charge in [-0.2, -0.15) is 0 Å². The zero-order chi connectivity index (χ0) is 14.7. The van der Waals surface area contributed by atoms with Crippen LogP contribution in [0, 0.1) is 6.92 Å². The molecule has 3 heteroatoms. The van der Waals surface area contributed by atoms with E-state index in [9.17, 15) is 0 Å². The molecule has 0 atom stereocenters. The van der Waals surface area contributed by atoms with E-state index in [1.54, 1.807) is 7.11 Å². The fraction of sp³-hybridized carbons (Fsp3) is 0.333. The molecule has 1 aliphatic rings. The molecule has 0 radical (unpaired) electrons. The summed E-state index contributed by atoms with van der Waals surface area (Å²) in [5, 5.41) is 3.53. The third-order valence-corrected chi connectivity index (χ3v) is 3.70. The molecule has 21 heavy (non-hydrogen) atoms. The lowest BCUT2D eigenvalue weighted by molar-refractivity contribution is 0.412. The van der Waals surface area contributed by atoms with Gasteiger partial charge in [0.15, 0.2) is 0 Å². The number of aryl methyl sites for hydroxylation is 1. The maximum Gasteiger partial charge on any atom is 0.130 e. The monoisotopic (exact) mass is 283 g/mol. The number of nitrogens with one attached hydrogen (secondary N) is 1. The first-order chi connectivity index (χ1) is 10.2. The van der Waals surface area contributed by atoms with Crippen molar-refractivity contribution in [2.75, 3.05) is 7.11 Å². The molecule has 0 aromatic heterocycles. The van der Waals surface area contributed by atoms with Crippen LogP contribution in [0.4, 0.5) is 0 Å². The summed E-state index contributed by atoms with van der Waals surface area (Å²) < 4.78 is 11.1. The van der Waals surface area contributed by atoms with Gasteiger partial charge in [-0.25, -0.2) is 0 Å². The summed E-state index contributed by atoms with van der Waals surface area (Å²) in [7, 11) is 1.66. The van der Waals surface area contributed by atoms with Gasteiger partial charge >= 0.3 is 0 Å². The Kier molecular flexibility index (Phi) is 4.11. The number of rotatable bonds is 6. The lowest BCUT2D eigenvalue weighted by atomic mass is 10.1. The van der Waals surface area contributed by atoms with Crippen molar-refractivity contribution in [3.8, 4) is 17.2 Å². The minimum atomic E-state index is 0.737. The van der Waals surface area contributed by atoms with Gasteiger partial charge in [0.1, 0.15) is 17.2 Å². The minimum absolute atomic E-state index is 0.737. The Morgan fingerprint density at radius 3 is 2.38 bits per heavy atom. The third kappa shape index (κ3) is 3.76. The summed E-state index contributed by atoms with van der Waals surface area (Å²) in [6.45, 7) is 3.02. The fourth-order valence-corrected chi connectivity index (χ4v) is 2.26. The first kappa shape index (κ1) is 14.0. The van der Waals surface area contributed by atoms with Crippen LogP contribution in [0.3, 0.4) is 0 Å². The highest BCUT2D eigenvalue weighted by atomic mass is 16.5. The van der Waals surface area contributed by atoms with Crippen molar-refractivity contribution in [3.05, 3.63) is 53.6 Å². The lowest BCUT2D eigenvalue weighted by Crippen LogP contribution is -2.15. The molecule has 3 nitrogen and oxygen atoms in total. The highest BCUT2D eigenvalue weighted by Gasteiger charge is 2.19. The minimum Gasteiger partial charge on any atom is -0.497 e. The maximum atomic E-state index is 5.93. The largest absolute Gasteiger partial charge is 0.497 e. The van der Waals surface area contributed by atoms with Crippen molar-refractivity contribution in [2.45, 2.75) is 32.4 Å². The highest BCUT2D eigenvalue weighted by Crippen LogP contribution is 2.27. The van der Waals surface area contributed by atoms with Crippen LogP contribution in [0.25, 0.3) is 0 Å². The quantitative estimate of drug-likeness (QED) is 0.867. The van der Waals surface area contributed by atoms with E-state index in [-0.39, 0.29) is 0 Å². The fourth-order valence-electron chi connectivity index (χ4n) is 2.26. The second-order valence-electron chi connectivity index (χ2n) is 5.53. The Balaban J connectivity index is 1.66. The van der Waals surface area contributed by atoms with Gasteiger partial charge in [0.25, 0.3) is 0 Å². The van der Waals surface area contributed by atoms with Crippen LogP contribution < -0.4 is 14.8 Å². The average Bonchev–Trinajstić information content (AvgIpc) is 3.33. The lowest BCUT2D eigenvalue weighted by Gasteiger charge is -2.11. The average molecular weight is 283 g/mol. The number of methoxy groups -OCH3 is 1. The number of benzene rings is 2. The first-order valence-electron chi connectivity index (χ1n) is 7.39. The topological polar surface area (TPSA) is 30.5 Å². The molecular weight excluding hydrogens is 262 g/mol. The van der Waals surface area contributed by atoms with Gasteiger partial charge in [-0.1, -0.05) is 12.1 Å². The van der Waals surface area contributed by atoms with Crippen LogP contribution >= 0.6 is 0 Å². The van der Waals surface area contributed by atoms with E-state index in [0.29, 0.717) is 0 Å². The van der Waals surface area contributed by atoms with Gasteiger partial charge in [0, 0.05) is 12.6 Å². The van der Waals surface area contributed by atoms with Crippen molar-refractivity contribution in [1.29, 1.82) is 0 Å².